The Hall–Kier alpha value is -0.420. The van der Waals surface area contributed by atoms with Crippen molar-refractivity contribution in [3.63, 3.8) is 0 Å². The van der Waals surface area contributed by atoms with Crippen molar-refractivity contribution in [2.24, 2.45) is 5.10 Å². The van der Waals surface area contributed by atoms with Gasteiger partial charge in [-0.05, 0) is 63.8 Å². The molecule has 0 aromatic carbocycles. The highest BCUT2D eigenvalue weighted by Crippen LogP contribution is 2.34. The summed E-state index contributed by atoms with van der Waals surface area (Å²) < 4.78 is 1.71. The van der Waals surface area contributed by atoms with E-state index < -0.39 is 0 Å². The zero-order chi connectivity index (χ0) is 10.9. The predicted molar refractivity (Wildman–Crippen MR) is 68.2 cm³/mol. The van der Waals surface area contributed by atoms with Crippen molar-refractivity contribution in [3.8, 4) is 0 Å². The molecule has 1 fully saturated rings. The minimum Gasteiger partial charge on any atom is -0.303 e. The number of hydrogen-bond acceptors (Lipinski definition) is 3. The van der Waals surface area contributed by atoms with Gasteiger partial charge in [-0.25, -0.2) is 0 Å². The molecule has 1 aliphatic rings. The van der Waals surface area contributed by atoms with Crippen LogP contribution in [-0.2, 0) is 0 Å². The van der Waals surface area contributed by atoms with E-state index in [2.05, 4.69) is 54.3 Å². The molecule has 1 heterocycles. The first-order valence-electron chi connectivity index (χ1n) is 4.71. The molecule has 0 spiro atoms. The molecule has 5 heteroatoms. The molecule has 0 unspecified atom stereocenters. The summed E-state index contributed by atoms with van der Waals surface area (Å²) in [6.45, 7) is 2.16. The third-order valence-electron chi connectivity index (χ3n) is 2.36. The Balaban J connectivity index is 2.06. The number of nitrogens with one attached hydrogen (secondary N) is 1. The fourth-order valence-corrected chi connectivity index (χ4v) is 1.60. The van der Waals surface area contributed by atoms with E-state index in [0.29, 0.717) is 0 Å². The number of pyridine rings is 1. The highest BCUT2D eigenvalue weighted by atomic mass is 79.9. The van der Waals surface area contributed by atoms with Crippen LogP contribution >= 0.6 is 31.9 Å². The quantitative estimate of drug-likeness (QED) is 0.682. The number of nitrogens with zero attached hydrogens (tertiary/aromatic N) is 2. The Morgan fingerprint density at radius 1 is 1.53 bits per heavy atom. The minimum absolute atomic E-state index is 0.203. The number of hydrogen-bond donors (Lipinski definition) is 1. The van der Waals surface area contributed by atoms with Gasteiger partial charge in [0, 0.05) is 10.7 Å². The SMILES string of the molecule is CC1(N/N=C(\Br)c2ccc(Br)cn2)CC1. The highest BCUT2D eigenvalue weighted by molar-refractivity contribution is 9.18. The Morgan fingerprint density at radius 3 is 2.80 bits per heavy atom. The average Bonchev–Trinajstić information content (AvgIpc) is 2.95. The van der Waals surface area contributed by atoms with Gasteiger partial charge in [-0.2, -0.15) is 5.10 Å². The van der Waals surface area contributed by atoms with Gasteiger partial charge in [0.25, 0.3) is 0 Å². The molecule has 0 amide bonds. The van der Waals surface area contributed by atoms with Crippen LogP contribution in [0.5, 0.6) is 0 Å². The van der Waals surface area contributed by atoms with Crippen LogP contribution in [0, 0.1) is 0 Å². The van der Waals surface area contributed by atoms with Gasteiger partial charge in [0.1, 0.15) is 0 Å². The molecule has 15 heavy (non-hydrogen) atoms. The summed E-state index contributed by atoms with van der Waals surface area (Å²) in [7, 11) is 0. The fourth-order valence-electron chi connectivity index (χ4n) is 1.04. The average molecular weight is 333 g/mol. The van der Waals surface area contributed by atoms with Crippen LogP contribution in [0.4, 0.5) is 0 Å². The summed E-state index contributed by atoms with van der Waals surface area (Å²) >= 11 is 6.74. The van der Waals surface area contributed by atoms with Crippen molar-refractivity contribution >= 4 is 36.5 Å². The maximum atomic E-state index is 4.26. The molecule has 3 nitrogen and oxygen atoms in total. The Kier molecular flexibility index (Phi) is 3.11. The normalized spacial score (nSPS) is 18.7. The first-order chi connectivity index (χ1) is 7.09. The van der Waals surface area contributed by atoms with Crippen molar-refractivity contribution in [3.05, 3.63) is 28.5 Å². The maximum absolute atomic E-state index is 4.26. The van der Waals surface area contributed by atoms with E-state index in [4.69, 9.17) is 0 Å². The van der Waals surface area contributed by atoms with E-state index in [0.717, 1.165) is 14.8 Å². The van der Waals surface area contributed by atoms with Gasteiger partial charge < -0.3 is 5.43 Å². The lowest BCUT2D eigenvalue weighted by atomic mass is 10.3. The van der Waals surface area contributed by atoms with Gasteiger partial charge in [0.15, 0.2) is 4.62 Å². The molecule has 1 saturated carbocycles. The third kappa shape index (κ3) is 3.01. The first-order valence-corrected chi connectivity index (χ1v) is 6.30. The highest BCUT2D eigenvalue weighted by Gasteiger charge is 2.37. The first kappa shape index (κ1) is 11.1. The molecule has 0 atom stereocenters. The minimum atomic E-state index is 0.203. The summed E-state index contributed by atoms with van der Waals surface area (Å²) in [6, 6.07) is 3.85. The van der Waals surface area contributed by atoms with Crippen LogP contribution in [0.2, 0.25) is 0 Å². The molecule has 1 aliphatic carbocycles. The lowest BCUT2D eigenvalue weighted by Gasteiger charge is -2.07. The van der Waals surface area contributed by atoms with Gasteiger partial charge in [-0.15, -0.1) is 0 Å². The zero-order valence-corrected chi connectivity index (χ0v) is 11.5. The monoisotopic (exact) mass is 331 g/mol. The molecule has 0 saturated heterocycles. The van der Waals surface area contributed by atoms with Crippen molar-refractivity contribution in [1.82, 2.24) is 10.4 Å². The van der Waals surface area contributed by atoms with Gasteiger partial charge in [-0.3, -0.25) is 4.98 Å². The lowest BCUT2D eigenvalue weighted by molar-refractivity contribution is 0.566. The van der Waals surface area contributed by atoms with Crippen molar-refractivity contribution < 1.29 is 0 Å². The van der Waals surface area contributed by atoms with Gasteiger partial charge in [0.05, 0.1) is 11.2 Å². The van der Waals surface area contributed by atoms with E-state index in [1.54, 1.807) is 6.20 Å². The van der Waals surface area contributed by atoms with Crippen LogP contribution in [0.1, 0.15) is 25.5 Å². The smallest absolute Gasteiger partial charge is 0.151 e. The number of rotatable bonds is 3. The van der Waals surface area contributed by atoms with Crippen molar-refractivity contribution in [2.75, 3.05) is 0 Å². The predicted octanol–water partition coefficient (Wildman–Crippen LogP) is 3.04. The molecular formula is C10H11Br2N3. The summed E-state index contributed by atoms with van der Waals surface area (Å²) in [5.41, 5.74) is 4.17. The van der Waals surface area contributed by atoms with Gasteiger partial charge in [-0.1, -0.05) is 0 Å². The van der Waals surface area contributed by atoms with E-state index in [9.17, 15) is 0 Å². The Labute approximate surface area is 106 Å². The topological polar surface area (TPSA) is 37.3 Å². The van der Waals surface area contributed by atoms with Crippen molar-refractivity contribution in [1.29, 1.82) is 0 Å². The third-order valence-corrected chi connectivity index (χ3v) is 3.42. The second kappa shape index (κ2) is 4.22. The zero-order valence-electron chi connectivity index (χ0n) is 8.30. The summed E-state index contributed by atoms with van der Waals surface area (Å²) in [4.78, 5) is 4.23. The molecule has 1 aromatic heterocycles. The maximum Gasteiger partial charge on any atom is 0.151 e. The lowest BCUT2D eigenvalue weighted by Crippen LogP contribution is -2.23. The molecule has 1 aromatic rings. The van der Waals surface area contributed by atoms with E-state index in [1.165, 1.54) is 12.8 Å². The van der Waals surface area contributed by atoms with E-state index >= 15 is 0 Å². The number of hydrazone groups is 1. The summed E-state index contributed by atoms with van der Waals surface area (Å²) in [5.74, 6) is 0. The molecule has 0 bridgehead atoms. The van der Waals surface area contributed by atoms with Crippen molar-refractivity contribution in [2.45, 2.75) is 25.3 Å². The van der Waals surface area contributed by atoms with E-state index in [1.807, 2.05) is 12.1 Å². The van der Waals surface area contributed by atoms with Crippen LogP contribution in [0.25, 0.3) is 0 Å². The second-order valence-corrected chi connectivity index (χ2v) is 5.60. The Bertz CT molecular complexity index is 382. The number of halogens is 2. The molecule has 1 N–H and O–H groups in total. The fraction of sp³-hybridized carbons (Fsp3) is 0.400. The molecule has 0 aliphatic heterocycles. The molecule has 2 rings (SSSR count). The Morgan fingerprint density at radius 2 is 2.27 bits per heavy atom. The molecule has 80 valence electrons. The van der Waals surface area contributed by atoms with Crippen LogP contribution in [0.3, 0.4) is 0 Å². The number of aromatic nitrogens is 1. The second-order valence-electron chi connectivity index (χ2n) is 3.94. The van der Waals surface area contributed by atoms with E-state index in [-0.39, 0.29) is 5.54 Å². The molecule has 0 radical (unpaired) electrons. The summed E-state index contributed by atoms with van der Waals surface area (Å²) in [6.07, 6.45) is 4.13. The van der Waals surface area contributed by atoms with Crippen LogP contribution in [0.15, 0.2) is 27.9 Å². The molecular weight excluding hydrogens is 322 g/mol. The summed E-state index contributed by atoms with van der Waals surface area (Å²) in [5, 5.41) is 4.26. The van der Waals surface area contributed by atoms with Gasteiger partial charge >= 0.3 is 0 Å². The van der Waals surface area contributed by atoms with Crippen LogP contribution < -0.4 is 5.43 Å². The van der Waals surface area contributed by atoms with Gasteiger partial charge in [0.2, 0.25) is 0 Å². The standard InChI is InChI=1S/C10H11Br2N3/c1-10(4-5-10)15-14-9(12)8-3-2-7(11)6-13-8/h2-3,6,15H,4-5H2,1H3/b14-9-. The van der Waals surface area contributed by atoms with Crippen LogP contribution in [-0.4, -0.2) is 15.1 Å². The largest absolute Gasteiger partial charge is 0.303 e.